The van der Waals surface area contributed by atoms with Gasteiger partial charge in [0.05, 0.1) is 14.2 Å². The first-order valence-corrected chi connectivity index (χ1v) is 12.2. The number of amides is 2. The van der Waals surface area contributed by atoms with Crippen LogP contribution in [0.4, 0.5) is 5.69 Å². The molecule has 36 heavy (non-hydrogen) atoms. The summed E-state index contributed by atoms with van der Waals surface area (Å²) in [6.45, 7) is 1.50. The minimum absolute atomic E-state index is 0.142. The molecule has 190 valence electrons. The van der Waals surface area contributed by atoms with Crippen molar-refractivity contribution in [1.29, 1.82) is 0 Å². The van der Waals surface area contributed by atoms with E-state index in [2.05, 4.69) is 20.7 Å². The molecule has 1 atom stereocenters. The Morgan fingerprint density at radius 1 is 1.11 bits per heavy atom. The van der Waals surface area contributed by atoms with Crippen molar-refractivity contribution in [2.24, 2.45) is 0 Å². The molecule has 0 unspecified atom stereocenters. The zero-order chi connectivity index (χ0) is 25.7. The number of tetrazole rings is 1. The molecule has 0 bridgehead atoms. The van der Waals surface area contributed by atoms with E-state index in [1.165, 1.54) is 9.70 Å². The Bertz CT molecular complexity index is 1210. The molecule has 3 aromatic rings. The summed E-state index contributed by atoms with van der Waals surface area (Å²) >= 11 is 6.05. The summed E-state index contributed by atoms with van der Waals surface area (Å²) in [5, 5.41) is 16.1. The Labute approximate surface area is 214 Å². The van der Waals surface area contributed by atoms with Gasteiger partial charge in [-0.2, -0.15) is 4.80 Å². The number of benzene rings is 2. The predicted molar refractivity (Wildman–Crippen MR) is 135 cm³/mol. The van der Waals surface area contributed by atoms with Gasteiger partial charge in [-0.1, -0.05) is 24.4 Å². The van der Waals surface area contributed by atoms with Gasteiger partial charge in [0, 0.05) is 22.3 Å². The molecule has 1 fully saturated rings. The molecule has 1 heterocycles. The van der Waals surface area contributed by atoms with Crippen LogP contribution in [0.15, 0.2) is 42.5 Å². The van der Waals surface area contributed by atoms with E-state index in [0.717, 1.165) is 25.7 Å². The molecule has 1 aliphatic rings. The van der Waals surface area contributed by atoms with Crippen LogP contribution in [0.3, 0.4) is 0 Å². The number of hydrogen-bond donors (Lipinski definition) is 1. The maximum absolute atomic E-state index is 13.5. The van der Waals surface area contributed by atoms with Crippen molar-refractivity contribution >= 4 is 29.1 Å². The zero-order valence-corrected chi connectivity index (χ0v) is 21.2. The smallest absolute Gasteiger partial charge is 0.251 e. The topological polar surface area (TPSA) is 111 Å². The molecule has 1 N–H and O–H groups in total. The number of halogens is 1. The maximum Gasteiger partial charge on any atom is 0.251 e. The minimum atomic E-state index is -0.742. The molecule has 4 rings (SSSR count). The van der Waals surface area contributed by atoms with Crippen molar-refractivity contribution in [2.75, 3.05) is 19.1 Å². The molecule has 10 nitrogen and oxygen atoms in total. The van der Waals surface area contributed by atoms with Crippen LogP contribution in [0, 0.1) is 0 Å². The van der Waals surface area contributed by atoms with Crippen molar-refractivity contribution in [3.8, 4) is 22.9 Å². The molecule has 0 aliphatic heterocycles. The Balaban J connectivity index is 1.54. The lowest BCUT2D eigenvalue weighted by Crippen LogP contribution is -2.51. The zero-order valence-electron chi connectivity index (χ0n) is 20.5. The van der Waals surface area contributed by atoms with Crippen molar-refractivity contribution in [1.82, 2.24) is 25.5 Å². The lowest BCUT2D eigenvalue weighted by Gasteiger charge is -2.29. The van der Waals surface area contributed by atoms with E-state index < -0.39 is 6.04 Å². The van der Waals surface area contributed by atoms with Crippen molar-refractivity contribution in [3.05, 3.63) is 47.5 Å². The Morgan fingerprint density at radius 2 is 1.81 bits per heavy atom. The number of ether oxygens (including phenoxy) is 2. The van der Waals surface area contributed by atoms with E-state index in [1.807, 2.05) is 0 Å². The quantitative estimate of drug-likeness (QED) is 0.467. The fourth-order valence-electron chi connectivity index (χ4n) is 4.29. The highest BCUT2D eigenvalue weighted by molar-refractivity contribution is 6.30. The molecule has 2 amide bonds. The monoisotopic (exact) mass is 512 g/mol. The van der Waals surface area contributed by atoms with Crippen LogP contribution in [0.2, 0.25) is 5.02 Å². The molecule has 0 saturated heterocycles. The van der Waals surface area contributed by atoms with Crippen molar-refractivity contribution in [3.63, 3.8) is 0 Å². The van der Waals surface area contributed by atoms with E-state index in [4.69, 9.17) is 21.1 Å². The molecular formula is C25H29ClN6O4. The van der Waals surface area contributed by atoms with Gasteiger partial charge < -0.3 is 14.8 Å². The highest BCUT2D eigenvalue weighted by Gasteiger charge is 2.30. The van der Waals surface area contributed by atoms with E-state index >= 15 is 0 Å². The number of methoxy groups -OCH3 is 2. The van der Waals surface area contributed by atoms with Crippen LogP contribution in [-0.4, -0.2) is 58.3 Å². The summed E-state index contributed by atoms with van der Waals surface area (Å²) in [6, 6.07) is 11.4. The molecule has 0 spiro atoms. The van der Waals surface area contributed by atoms with Crippen LogP contribution in [0.25, 0.3) is 11.4 Å². The fraction of sp³-hybridized carbons (Fsp3) is 0.400. The van der Waals surface area contributed by atoms with Gasteiger partial charge in [0.1, 0.15) is 12.6 Å². The fourth-order valence-corrected chi connectivity index (χ4v) is 4.42. The number of nitrogens with zero attached hydrogens (tertiary/aromatic N) is 5. The summed E-state index contributed by atoms with van der Waals surface area (Å²) in [5.74, 6) is 0.866. The molecule has 1 aliphatic carbocycles. The van der Waals surface area contributed by atoms with Gasteiger partial charge >= 0.3 is 0 Å². The predicted octanol–water partition coefficient (Wildman–Crippen LogP) is 3.49. The van der Waals surface area contributed by atoms with Crippen LogP contribution in [0.1, 0.15) is 32.6 Å². The molecule has 1 saturated carbocycles. The highest BCUT2D eigenvalue weighted by Crippen LogP contribution is 2.30. The average Bonchev–Trinajstić information content (AvgIpc) is 3.57. The van der Waals surface area contributed by atoms with Gasteiger partial charge in [0.25, 0.3) is 5.91 Å². The summed E-state index contributed by atoms with van der Waals surface area (Å²) in [5.41, 5.74) is 1.21. The van der Waals surface area contributed by atoms with Gasteiger partial charge in [-0.25, -0.2) is 0 Å². The standard InChI is InChI=1S/C25H29ClN6O4/c1-16(25(34)27-19-6-4-5-7-19)32(20-11-9-18(26)10-12-20)23(33)15-31-29-24(28-30-31)17-8-13-21(35-2)22(14-17)36-3/h8-14,16,19H,4-7,15H2,1-3H3,(H,27,34)/t16-/m1/s1. The third-order valence-corrected chi connectivity index (χ3v) is 6.47. The first kappa shape index (κ1) is 25.4. The second kappa shape index (κ2) is 11.4. The maximum atomic E-state index is 13.5. The largest absolute Gasteiger partial charge is 0.493 e. The second-order valence-electron chi connectivity index (χ2n) is 8.62. The highest BCUT2D eigenvalue weighted by atomic mass is 35.5. The van der Waals surface area contributed by atoms with Crippen LogP contribution in [0.5, 0.6) is 11.5 Å². The van der Waals surface area contributed by atoms with Gasteiger partial charge in [0.2, 0.25) is 11.7 Å². The molecule has 0 radical (unpaired) electrons. The van der Waals surface area contributed by atoms with Gasteiger partial charge in [-0.3, -0.25) is 14.5 Å². The number of carbonyl (C=O) groups excluding carboxylic acids is 2. The van der Waals surface area contributed by atoms with E-state index in [-0.39, 0.29) is 24.4 Å². The number of hydrogen-bond acceptors (Lipinski definition) is 7. The van der Waals surface area contributed by atoms with E-state index in [9.17, 15) is 9.59 Å². The van der Waals surface area contributed by atoms with Crippen LogP contribution >= 0.6 is 11.6 Å². The first-order valence-electron chi connectivity index (χ1n) is 11.8. The second-order valence-corrected chi connectivity index (χ2v) is 9.06. The summed E-state index contributed by atoms with van der Waals surface area (Å²) in [4.78, 5) is 29.1. The van der Waals surface area contributed by atoms with Crippen LogP contribution in [-0.2, 0) is 16.1 Å². The molecule has 2 aromatic carbocycles. The molecule has 11 heteroatoms. The SMILES string of the molecule is COc1ccc(-c2nnn(CC(=O)N(c3ccc(Cl)cc3)[C@H](C)C(=O)NC3CCCC3)n2)cc1OC. The molecular weight excluding hydrogens is 484 g/mol. The van der Waals surface area contributed by atoms with Gasteiger partial charge in [-0.15, -0.1) is 10.2 Å². The van der Waals surface area contributed by atoms with Gasteiger partial charge in [0.15, 0.2) is 11.5 Å². The third kappa shape index (κ3) is 5.76. The number of rotatable bonds is 9. The van der Waals surface area contributed by atoms with E-state index in [0.29, 0.717) is 33.6 Å². The van der Waals surface area contributed by atoms with Crippen LogP contribution < -0.4 is 19.7 Å². The third-order valence-electron chi connectivity index (χ3n) is 6.21. The van der Waals surface area contributed by atoms with E-state index in [1.54, 1.807) is 63.6 Å². The summed E-state index contributed by atoms with van der Waals surface area (Å²) < 4.78 is 10.6. The number of anilines is 1. The Morgan fingerprint density at radius 3 is 2.47 bits per heavy atom. The first-order chi connectivity index (χ1) is 17.4. The lowest BCUT2D eigenvalue weighted by atomic mass is 10.1. The molecule has 1 aromatic heterocycles. The number of carbonyl (C=O) groups is 2. The average molecular weight is 513 g/mol. The lowest BCUT2D eigenvalue weighted by molar-refractivity contribution is -0.127. The normalized spacial score (nSPS) is 14.3. The number of nitrogens with one attached hydrogen (secondary N) is 1. The van der Waals surface area contributed by atoms with Crippen molar-refractivity contribution in [2.45, 2.75) is 51.2 Å². The van der Waals surface area contributed by atoms with Crippen molar-refractivity contribution < 1.29 is 19.1 Å². The Kier molecular flexibility index (Phi) is 8.04. The minimum Gasteiger partial charge on any atom is -0.493 e. The Hall–Kier alpha value is -3.66. The summed E-state index contributed by atoms with van der Waals surface area (Å²) in [6.07, 6.45) is 4.10. The summed E-state index contributed by atoms with van der Waals surface area (Å²) in [7, 11) is 3.10. The number of aromatic nitrogens is 4. The van der Waals surface area contributed by atoms with Gasteiger partial charge in [-0.05, 0) is 67.4 Å².